The summed E-state index contributed by atoms with van der Waals surface area (Å²) in [7, 11) is 0. The van der Waals surface area contributed by atoms with Gasteiger partial charge in [0, 0.05) is 0 Å². The van der Waals surface area contributed by atoms with E-state index in [1.54, 1.807) is 13.8 Å². The normalized spacial score (nSPS) is 12.8. The third-order valence-corrected chi connectivity index (χ3v) is 3.07. The predicted octanol–water partition coefficient (Wildman–Crippen LogP) is 1.71. The molecule has 1 atom stereocenters. The molecule has 1 aromatic rings. The maximum Gasteiger partial charge on any atom is 0.305 e. The first-order chi connectivity index (χ1) is 9.36. The molecule has 0 radical (unpaired) electrons. The maximum atomic E-state index is 12.3. The second-order valence-electron chi connectivity index (χ2n) is 5.19. The Morgan fingerprint density at radius 2 is 1.85 bits per heavy atom. The molecule has 0 aliphatic heterocycles. The number of hydrogen-bond donors (Lipinski definition) is 3. The molecule has 0 heterocycles. The van der Waals surface area contributed by atoms with Crippen molar-refractivity contribution in [2.24, 2.45) is 0 Å². The predicted molar refractivity (Wildman–Crippen MR) is 77.3 cm³/mol. The summed E-state index contributed by atoms with van der Waals surface area (Å²) in [6.45, 7) is 6.12. The molecule has 5 nitrogen and oxygen atoms in total. The minimum atomic E-state index is -0.944. The van der Waals surface area contributed by atoms with Gasteiger partial charge in [-0.3, -0.25) is 9.59 Å². The minimum Gasteiger partial charge on any atom is -0.481 e. The summed E-state index contributed by atoms with van der Waals surface area (Å²) < 4.78 is 0. The van der Waals surface area contributed by atoms with Gasteiger partial charge >= 0.3 is 5.97 Å². The lowest BCUT2D eigenvalue weighted by Gasteiger charge is -2.27. The van der Waals surface area contributed by atoms with Crippen molar-refractivity contribution in [1.82, 2.24) is 10.6 Å². The van der Waals surface area contributed by atoms with E-state index in [1.165, 1.54) is 0 Å². The van der Waals surface area contributed by atoms with Crippen LogP contribution in [0.5, 0.6) is 0 Å². The third kappa shape index (κ3) is 4.66. The van der Waals surface area contributed by atoms with Gasteiger partial charge < -0.3 is 15.7 Å². The van der Waals surface area contributed by atoms with Crippen molar-refractivity contribution in [2.45, 2.75) is 38.8 Å². The number of amides is 1. The first-order valence-corrected chi connectivity index (χ1v) is 6.69. The first-order valence-electron chi connectivity index (χ1n) is 6.69. The summed E-state index contributed by atoms with van der Waals surface area (Å²) in [6.07, 6.45) is -0.141. The Labute approximate surface area is 119 Å². The Kier molecular flexibility index (Phi) is 5.70. The van der Waals surface area contributed by atoms with E-state index in [0.717, 1.165) is 5.56 Å². The molecule has 0 spiro atoms. The largest absolute Gasteiger partial charge is 0.481 e. The number of rotatable bonds is 7. The lowest BCUT2D eigenvalue weighted by atomic mass is 10.00. The van der Waals surface area contributed by atoms with Crippen LogP contribution >= 0.6 is 0 Å². The van der Waals surface area contributed by atoms with Crippen molar-refractivity contribution in [3.05, 3.63) is 35.9 Å². The van der Waals surface area contributed by atoms with Crippen LogP contribution in [0.3, 0.4) is 0 Å². The van der Waals surface area contributed by atoms with Crippen LogP contribution in [0.25, 0.3) is 0 Å². The Hall–Kier alpha value is -1.88. The number of benzene rings is 1. The van der Waals surface area contributed by atoms with Crippen LogP contribution in [0.2, 0.25) is 0 Å². The summed E-state index contributed by atoms with van der Waals surface area (Å²) in [6, 6.07) is 8.60. The molecule has 110 valence electrons. The molecule has 1 amide bonds. The van der Waals surface area contributed by atoms with E-state index in [-0.39, 0.29) is 12.3 Å². The number of carbonyl (C=O) groups excluding carboxylic acids is 1. The number of carboxylic acid groups (broad SMARTS) is 1. The van der Waals surface area contributed by atoms with E-state index in [0.29, 0.717) is 6.54 Å². The van der Waals surface area contributed by atoms with Crippen molar-refractivity contribution < 1.29 is 14.7 Å². The second kappa shape index (κ2) is 7.05. The number of likely N-dealkylation sites (N-methyl/N-ethyl adjacent to an activating group) is 1. The van der Waals surface area contributed by atoms with Crippen molar-refractivity contribution >= 4 is 11.9 Å². The van der Waals surface area contributed by atoms with Crippen LogP contribution in [-0.2, 0) is 9.59 Å². The summed E-state index contributed by atoms with van der Waals surface area (Å²) in [5, 5.41) is 14.9. The zero-order chi connectivity index (χ0) is 15.2. The van der Waals surface area contributed by atoms with E-state index in [9.17, 15) is 9.59 Å². The fraction of sp³-hybridized carbons (Fsp3) is 0.467. The molecule has 0 aliphatic carbocycles. The number of hydrogen-bond acceptors (Lipinski definition) is 3. The Morgan fingerprint density at radius 3 is 2.35 bits per heavy atom. The smallest absolute Gasteiger partial charge is 0.305 e. The third-order valence-electron chi connectivity index (χ3n) is 3.07. The zero-order valence-corrected chi connectivity index (χ0v) is 12.1. The molecule has 0 saturated heterocycles. The highest BCUT2D eigenvalue weighted by molar-refractivity contribution is 5.86. The highest BCUT2D eigenvalue weighted by Gasteiger charge is 2.29. The zero-order valence-electron chi connectivity index (χ0n) is 12.1. The summed E-state index contributed by atoms with van der Waals surface area (Å²) in [5.41, 5.74) is 0.0517. The minimum absolute atomic E-state index is 0.141. The van der Waals surface area contributed by atoms with Gasteiger partial charge in [0.1, 0.15) is 0 Å². The van der Waals surface area contributed by atoms with Gasteiger partial charge in [0.15, 0.2) is 0 Å². The number of nitrogens with one attached hydrogen (secondary N) is 2. The van der Waals surface area contributed by atoms with Gasteiger partial charge in [-0.05, 0) is 26.0 Å². The van der Waals surface area contributed by atoms with Crippen LogP contribution in [0.1, 0.15) is 38.8 Å². The van der Waals surface area contributed by atoms with Crippen LogP contribution in [0, 0.1) is 0 Å². The molecule has 0 aliphatic rings. The van der Waals surface area contributed by atoms with Crippen LogP contribution in [0.4, 0.5) is 0 Å². The molecule has 3 N–H and O–H groups in total. The van der Waals surface area contributed by atoms with Crippen molar-refractivity contribution in [1.29, 1.82) is 0 Å². The average Bonchev–Trinajstić information content (AvgIpc) is 2.38. The van der Waals surface area contributed by atoms with Gasteiger partial charge in [0.2, 0.25) is 5.91 Å². The Balaban J connectivity index is 2.86. The van der Waals surface area contributed by atoms with E-state index < -0.39 is 17.6 Å². The Morgan fingerprint density at radius 1 is 1.25 bits per heavy atom. The molecular formula is C15H22N2O3. The van der Waals surface area contributed by atoms with E-state index >= 15 is 0 Å². The Bertz CT molecular complexity index is 457. The van der Waals surface area contributed by atoms with Crippen LogP contribution in [-0.4, -0.2) is 29.1 Å². The first kappa shape index (κ1) is 16.2. The molecule has 20 heavy (non-hydrogen) atoms. The van der Waals surface area contributed by atoms with Crippen LogP contribution in [0.15, 0.2) is 30.3 Å². The monoisotopic (exact) mass is 278 g/mol. The quantitative estimate of drug-likeness (QED) is 0.709. The van der Waals surface area contributed by atoms with Crippen molar-refractivity contribution in [3.63, 3.8) is 0 Å². The molecule has 0 saturated carbocycles. The molecule has 1 rings (SSSR count). The molecule has 0 fully saturated rings. The SMILES string of the molecule is CCNC(C)(C)C(=O)NC(CC(=O)O)c1ccccc1. The van der Waals surface area contributed by atoms with Gasteiger partial charge in [-0.1, -0.05) is 37.3 Å². The highest BCUT2D eigenvalue weighted by atomic mass is 16.4. The summed E-state index contributed by atoms with van der Waals surface area (Å²) in [4.78, 5) is 23.2. The fourth-order valence-corrected chi connectivity index (χ4v) is 1.97. The standard InChI is InChI=1S/C15H22N2O3/c1-4-16-15(2,3)14(20)17-12(10-13(18)19)11-8-6-5-7-9-11/h5-9,12,16H,4,10H2,1-3H3,(H,17,20)(H,18,19). The maximum absolute atomic E-state index is 12.3. The molecule has 0 bridgehead atoms. The summed E-state index contributed by atoms with van der Waals surface area (Å²) in [5.74, 6) is -1.16. The van der Waals surface area contributed by atoms with Crippen molar-refractivity contribution in [2.75, 3.05) is 6.54 Å². The van der Waals surface area contributed by atoms with Gasteiger partial charge in [-0.2, -0.15) is 0 Å². The topological polar surface area (TPSA) is 78.4 Å². The molecule has 5 heteroatoms. The average molecular weight is 278 g/mol. The van der Waals surface area contributed by atoms with E-state index in [4.69, 9.17) is 5.11 Å². The number of carboxylic acids is 1. The number of aliphatic carboxylic acids is 1. The second-order valence-corrected chi connectivity index (χ2v) is 5.19. The fourth-order valence-electron chi connectivity index (χ4n) is 1.97. The summed E-state index contributed by atoms with van der Waals surface area (Å²) >= 11 is 0. The molecule has 1 unspecified atom stereocenters. The highest BCUT2D eigenvalue weighted by Crippen LogP contribution is 2.18. The van der Waals surface area contributed by atoms with Gasteiger partial charge in [-0.25, -0.2) is 0 Å². The van der Waals surface area contributed by atoms with Crippen molar-refractivity contribution in [3.8, 4) is 0 Å². The lowest BCUT2D eigenvalue weighted by molar-refractivity contribution is -0.138. The van der Waals surface area contributed by atoms with Gasteiger partial charge in [0.05, 0.1) is 18.0 Å². The van der Waals surface area contributed by atoms with E-state index in [1.807, 2.05) is 37.3 Å². The van der Waals surface area contributed by atoms with Crippen LogP contribution < -0.4 is 10.6 Å². The lowest BCUT2D eigenvalue weighted by Crippen LogP contribution is -2.53. The van der Waals surface area contributed by atoms with E-state index in [2.05, 4.69) is 10.6 Å². The number of carbonyl (C=O) groups is 2. The van der Waals surface area contributed by atoms with Gasteiger partial charge in [0.25, 0.3) is 0 Å². The molecule has 1 aromatic carbocycles. The van der Waals surface area contributed by atoms with Gasteiger partial charge in [-0.15, -0.1) is 0 Å². The molecule has 0 aromatic heterocycles. The molecular weight excluding hydrogens is 256 g/mol.